The molecule has 0 saturated carbocycles. The topological polar surface area (TPSA) is 89.9 Å². The Bertz CT molecular complexity index is 316. The molecule has 6 heteroatoms. The molecule has 0 rings (SSSR count). The molecule has 0 amide bonds. The molecule has 0 heterocycles. The molecule has 0 saturated heterocycles. The van der Waals surface area contributed by atoms with E-state index in [1.54, 1.807) is 0 Å². The van der Waals surface area contributed by atoms with Crippen LogP contribution in [0.25, 0.3) is 0 Å². The molecule has 0 aliphatic carbocycles. The van der Waals surface area contributed by atoms with E-state index >= 15 is 0 Å². The number of hydrogen-bond acceptors (Lipinski definition) is 5. The predicted molar refractivity (Wildman–Crippen MR) is 84.9 cm³/mol. The Labute approximate surface area is 132 Å². The summed E-state index contributed by atoms with van der Waals surface area (Å²) in [5, 5.41) is 8.60. The van der Waals surface area contributed by atoms with Gasteiger partial charge in [0.1, 0.15) is 0 Å². The van der Waals surface area contributed by atoms with Crippen LogP contribution in [0.15, 0.2) is 25.7 Å². The Morgan fingerprint density at radius 1 is 1.05 bits per heavy atom. The molecule has 0 fully saturated rings. The summed E-state index contributed by atoms with van der Waals surface area (Å²) in [5.74, 6) is -1.41. The van der Waals surface area contributed by atoms with Gasteiger partial charge in [0.15, 0.2) is 0 Å². The van der Waals surface area contributed by atoms with Crippen LogP contribution in [0.2, 0.25) is 0 Å². The van der Waals surface area contributed by atoms with E-state index in [1.165, 1.54) is 13.8 Å². The highest BCUT2D eigenvalue weighted by atomic mass is 16.5. The maximum absolute atomic E-state index is 10.4. The fourth-order valence-corrected chi connectivity index (χ4v) is 1.19. The van der Waals surface area contributed by atoms with E-state index in [0.717, 1.165) is 38.2 Å². The van der Waals surface area contributed by atoms with Crippen molar-refractivity contribution < 1.29 is 29.0 Å². The lowest BCUT2D eigenvalue weighted by atomic mass is 10.00. The van der Waals surface area contributed by atoms with Gasteiger partial charge in [-0.1, -0.05) is 39.8 Å². The van der Waals surface area contributed by atoms with E-state index in [-0.39, 0.29) is 17.9 Å². The average molecular weight is 316 g/mol. The minimum atomic E-state index is -0.643. The second kappa shape index (κ2) is 18.9. The molecule has 0 spiro atoms. The Morgan fingerprint density at radius 3 is 1.59 bits per heavy atom. The first kappa shape index (κ1) is 24.9. The summed E-state index contributed by atoms with van der Waals surface area (Å²) in [6.07, 6.45) is 5.91. The number of aliphatic carboxylic acids is 1. The van der Waals surface area contributed by atoms with Crippen molar-refractivity contribution in [3.63, 3.8) is 0 Å². The lowest BCUT2D eigenvalue weighted by molar-refractivity contribution is -0.142. The zero-order chi connectivity index (χ0) is 18.0. The quantitative estimate of drug-likeness (QED) is 0.569. The van der Waals surface area contributed by atoms with Gasteiger partial charge >= 0.3 is 17.9 Å². The molecule has 128 valence electrons. The van der Waals surface area contributed by atoms with E-state index in [9.17, 15) is 14.4 Å². The first-order chi connectivity index (χ1) is 10.3. The van der Waals surface area contributed by atoms with Gasteiger partial charge in [-0.25, -0.2) is 0 Å². The number of hydrogen-bond donors (Lipinski definition) is 1. The number of carbonyl (C=O) groups excluding carboxylic acids is 2. The molecule has 6 nitrogen and oxygen atoms in total. The molecule has 0 aromatic carbocycles. The van der Waals surface area contributed by atoms with Crippen LogP contribution in [0, 0.1) is 5.92 Å². The SMILES string of the molecule is C=COC(C)=O.C=COC(C)=O.CCCCC(CC)C(=O)O. The molecule has 22 heavy (non-hydrogen) atoms. The minimum absolute atomic E-state index is 0.111. The van der Waals surface area contributed by atoms with Crippen LogP contribution in [-0.2, 0) is 23.9 Å². The van der Waals surface area contributed by atoms with Gasteiger partial charge in [-0.3, -0.25) is 14.4 Å². The lowest BCUT2D eigenvalue weighted by Gasteiger charge is -2.06. The van der Waals surface area contributed by atoms with Gasteiger partial charge in [0.05, 0.1) is 18.4 Å². The minimum Gasteiger partial charge on any atom is -0.481 e. The van der Waals surface area contributed by atoms with Gasteiger partial charge in [0, 0.05) is 13.8 Å². The van der Waals surface area contributed by atoms with Crippen molar-refractivity contribution in [1.82, 2.24) is 0 Å². The molecule has 0 radical (unpaired) electrons. The smallest absolute Gasteiger partial charge is 0.307 e. The first-order valence-electron chi connectivity index (χ1n) is 7.05. The van der Waals surface area contributed by atoms with Crippen LogP contribution in [0.4, 0.5) is 0 Å². The standard InChI is InChI=1S/C8H16O2.2C4H6O2/c1-3-5-6-7(4-2)8(9)10;2*1-3-6-4(2)5/h7H,3-6H2,1-2H3,(H,9,10);2*3H,1H2,2H3. The fraction of sp³-hybridized carbons (Fsp3) is 0.562. The third kappa shape index (κ3) is 26.5. The zero-order valence-corrected chi connectivity index (χ0v) is 14.0. The van der Waals surface area contributed by atoms with Crippen LogP contribution in [0.1, 0.15) is 53.4 Å². The van der Waals surface area contributed by atoms with Crippen LogP contribution in [0.5, 0.6) is 0 Å². The number of ether oxygens (including phenoxy) is 2. The number of esters is 2. The third-order valence-corrected chi connectivity index (χ3v) is 2.25. The van der Waals surface area contributed by atoms with Gasteiger partial charge in [0.2, 0.25) is 0 Å². The zero-order valence-electron chi connectivity index (χ0n) is 14.0. The maximum Gasteiger partial charge on any atom is 0.307 e. The Balaban J connectivity index is -0.000000261. The Kier molecular flexibility index (Phi) is 21.4. The van der Waals surface area contributed by atoms with Crippen molar-refractivity contribution in [2.24, 2.45) is 5.92 Å². The number of carboxylic acids is 1. The molecule has 0 aliphatic heterocycles. The fourth-order valence-electron chi connectivity index (χ4n) is 1.19. The summed E-state index contributed by atoms with van der Waals surface area (Å²) >= 11 is 0. The third-order valence-electron chi connectivity index (χ3n) is 2.25. The van der Waals surface area contributed by atoms with Gasteiger partial charge in [-0.2, -0.15) is 0 Å². The summed E-state index contributed by atoms with van der Waals surface area (Å²) in [6, 6.07) is 0. The molecule has 0 aromatic rings. The summed E-state index contributed by atoms with van der Waals surface area (Å²) in [5.41, 5.74) is 0. The van der Waals surface area contributed by atoms with E-state index in [4.69, 9.17) is 5.11 Å². The number of carbonyl (C=O) groups is 3. The molecule has 0 aliphatic rings. The van der Waals surface area contributed by atoms with Crippen molar-refractivity contribution >= 4 is 17.9 Å². The van der Waals surface area contributed by atoms with Gasteiger partial charge in [-0.05, 0) is 12.8 Å². The normalized spacial score (nSPS) is 9.64. The largest absolute Gasteiger partial charge is 0.481 e. The molecule has 0 bridgehead atoms. The molecule has 1 atom stereocenters. The number of unbranched alkanes of at least 4 members (excludes halogenated alkanes) is 1. The average Bonchev–Trinajstić information content (AvgIpc) is 2.40. The lowest BCUT2D eigenvalue weighted by Crippen LogP contribution is -2.11. The second-order valence-corrected chi connectivity index (χ2v) is 4.14. The van der Waals surface area contributed by atoms with E-state index in [2.05, 4.69) is 29.6 Å². The van der Waals surface area contributed by atoms with Crippen molar-refractivity contribution in [1.29, 1.82) is 0 Å². The molecular weight excluding hydrogens is 288 g/mol. The van der Waals surface area contributed by atoms with Crippen LogP contribution >= 0.6 is 0 Å². The maximum atomic E-state index is 10.4. The number of rotatable bonds is 7. The summed E-state index contributed by atoms with van der Waals surface area (Å²) in [6.45, 7) is 13.0. The monoisotopic (exact) mass is 316 g/mol. The van der Waals surface area contributed by atoms with Crippen molar-refractivity contribution in [3.8, 4) is 0 Å². The number of carboxylic acid groups (broad SMARTS) is 1. The molecule has 0 aromatic heterocycles. The summed E-state index contributed by atoms with van der Waals surface area (Å²) < 4.78 is 8.33. The van der Waals surface area contributed by atoms with Crippen LogP contribution < -0.4 is 0 Å². The van der Waals surface area contributed by atoms with Crippen molar-refractivity contribution in [3.05, 3.63) is 25.7 Å². The van der Waals surface area contributed by atoms with Crippen molar-refractivity contribution in [2.45, 2.75) is 53.4 Å². The van der Waals surface area contributed by atoms with E-state index < -0.39 is 5.97 Å². The Morgan fingerprint density at radius 2 is 1.45 bits per heavy atom. The highest BCUT2D eigenvalue weighted by Gasteiger charge is 2.12. The highest BCUT2D eigenvalue weighted by Crippen LogP contribution is 2.11. The molecule has 1 N–H and O–H groups in total. The van der Waals surface area contributed by atoms with E-state index in [1.807, 2.05) is 6.92 Å². The molecular formula is C16H28O6. The van der Waals surface area contributed by atoms with Gasteiger partial charge in [-0.15, -0.1) is 0 Å². The second-order valence-electron chi connectivity index (χ2n) is 4.14. The summed E-state index contributed by atoms with van der Waals surface area (Å²) in [4.78, 5) is 29.9. The van der Waals surface area contributed by atoms with Crippen LogP contribution in [0.3, 0.4) is 0 Å². The van der Waals surface area contributed by atoms with E-state index in [0.29, 0.717) is 0 Å². The summed E-state index contributed by atoms with van der Waals surface area (Å²) in [7, 11) is 0. The highest BCUT2D eigenvalue weighted by molar-refractivity contribution is 5.69. The Hall–Kier alpha value is -2.11. The first-order valence-corrected chi connectivity index (χ1v) is 7.05. The van der Waals surface area contributed by atoms with Crippen LogP contribution in [-0.4, -0.2) is 23.0 Å². The van der Waals surface area contributed by atoms with Gasteiger partial charge in [0.25, 0.3) is 0 Å². The molecule has 1 unspecified atom stereocenters. The van der Waals surface area contributed by atoms with Gasteiger partial charge < -0.3 is 14.6 Å². The van der Waals surface area contributed by atoms with Crippen molar-refractivity contribution in [2.75, 3.05) is 0 Å². The predicted octanol–water partition coefficient (Wildman–Crippen LogP) is 3.67.